The maximum absolute atomic E-state index is 11.8. The van der Waals surface area contributed by atoms with E-state index in [-0.39, 0.29) is 6.42 Å². The molecular weight excluding hydrogens is 452 g/mol. The number of rotatable bonds is 10. The van der Waals surface area contributed by atoms with Crippen LogP contribution in [0, 0.1) is 6.92 Å². The third-order valence-corrected chi connectivity index (χ3v) is 5.56. The average molecular weight is 479 g/mol. The number of hydrogen-bond donors (Lipinski definition) is 1. The van der Waals surface area contributed by atoms with E-state index in [4.69, 9.17) is 20.8 Å². The van der Waals surface area contributed by atoms with Crippen LogP contribution in [0.3, 0.4) is 0 Å². The number of allylic oxidation sites excluding steroid dienone is 5. The SMILES string of the molecule is C=C(/C=C\C(=C/CC)c1ccc(Cl)cc1)CCC(Oc1ccc2c(C)cc(=O)oc2c1)C(=O)O. The lowest BCUT2D eigenvalue weighted by Crippen LogP contribution is -2.27. The van der Waals surface area contributed by atoms with Crippen molar-refractivity contribution < 1.29 is 19.1 Å². The van der Waals surface area contributed by atoms with E-state index >= 15 is 0 Å². The molecule has 0 aliphatic carbocycles. The predicted molar refractivity (Wildman–Crippen MR) is 137 cm³/mol. The molecule has 0 aliphatic rings. The molecule has 3 aromatic rings. The van der Waals surface area contributed by atoms with Crippen molar-refractivity contribution in [3.05, 3.63) is 105 Å². The third-order valence-electron chi connectivity index (χ3n) is 5.30. The molecule has 0 bridgehead atoms. The summed E-state index contributed by atoms with van der Waals surface area (Å²) < 4.78 is 10.9. The summed E-state index contributed by atoms with van der Waals surface area (Å²) in [6.07, 6.45) is 6.45. The summed E-state index contributed by atoms with van der Waals surface area (Å²) in [6, 6.07) is 14.0. The number of aryl methyl sites for hydroxylation is 1. The lowest BCUT2D eigenvalue weighted by Gasteiger charge is -2.15. The highest BCUT2D eigenvalue weighted by Gasteiger charge is 2.20. The lowest BCUT2D eigenvalue weighted by atomic mass is 10.0. The Balaban J connectivity index is 1.67. The van der Waals surface area contributed by atoms with Gasteiger partial charge in [-0.05, 0) is 67.2 Å². The van der Waals surface area contributed by atoms with Crippen LogP contribution in [0.4, 0.5) is 0 Å². The Hall–Kier alpha value is -3.57. The van der Waals surface area contributed by atoms with Gasteiger partial charge in [-0.1, -0.05) is 61.0 Å². The number of fused-ring (bicyclic) bond motifs is 1. The molecule has 1 atom stereocenters. The molecule has 0 saturated heterocycles. The van der Waals surface area contributed by atoms with E-state index in [9.17, 15) is 14.7 Å². The van der Waals surface area contributed by atoms with Gasteiger partial charge >= 0.3 is 11.6 Å². The number of hydrogen-bond acceptors (Lipinski definition) is 4. The van der Waals surface area contributed by atoms with E-state index in [1.165, 1.54) is 6.07 Å². The summed E-state index contributed by atoms with van der Waals surface area (Å²) in [7, 11) is 0. The molecule has 6 heteroatoms. The fraction of sp³-hybridized carbons (Fsp3) is 0.214. The zero-order chi connectivity index (χ0) is 24.7. The molecule has 0 radical (unpaired) electrons. The Bertz CT molecular complexity index is 1300. The minimum absolute atomic E-state index is 0.238. The highest BCUT2D eigenvalue weighted by Crippen LogP contribution is 2.25. The topological polar surface area (TPSA) is 76.7 Å². The van der Waals surface area contributed by atoms with Gasteiger partial charge in [0.05, 0.1) is 0 Å². The maximum atomic E-state index is 11.8. The van der Waals surface area contributed by atoms with Gasteiger partial charge < -0.3 is 14.3 Å². The minimum Gasteiger partial charge on any atom is -0.479 e. The number of ether oxygens (including phenoxy) is 1. The first-order chi connectivity index (χ1) is 16.3. The zero-order valence-corrected chi connectivity index (χ0v) is 20.0. The highest BCUT2D eigenvalue weighted by molar-refractivity contribution is 6.30. The second-order valence-electron chi connectivity index (χ2n) is 7.96. The second-order valence-corrected chi connectivity index (χ2v) is 8.39. The van der Waals surface area contributed by atoms with E-state index in [0.29, 0.717) is 22.8 Å². The first-order valence-electron chi connectivity index (χ1n) is 11.0. The van der Waals surface area contributed by atoms with Gasteiger partial charge in [0.15, 0.2) is 6.10 Å². The van der Waals surface area contributed by atoms with Crippen LogP contribution in [0.5, 0.6) is 5.75 Å². The Morgan fingerprint density at radius 2 is 1.91 bits per heavy atom. The quantitative estimate of drug-likeness (QED) is 0.251. The summed E-state index contributed by atoms with van der Waals surface area (Å²) in [6.45, 7) is 7.93. The van der Waals surface area contributed by atoms with Crippen LogP contribution in [-0.2, 0) is 4.79 Å². The van der Waals surface area contributed by atoms with Gasteiger partial charge in [0.25, 0.3) is 0 Å². The molecule has 1 unspecified atom stereocenters. The van der Waals surface area contributed by atoms with Gasteiger partial charge in [0, 0.05) is 22.5 Å². The van der Waals surface area contributed by atoms with E-state index < -0.39 is 17.7 Å². The molecule has 1 aromatic heterocycles. The van der Waals surface area contributed by atoms with Crippen LogP contribution >= 0.6 is 11.6 Å². The molecule has 1 heterocycles. The van der Waals surface area contributed by atoms with Gasteiger partial charge in [-0.15, -0.1) is 0 Å². The van der Waals surface area contributed by atoms with Crippen molar-refractivity contribution in [2.45, 2.75) is 39.2 Å². The van der Waals surface area contributed by atoms with E-state index in [0.717, 1.165) is 34.1 Å². The predicted octanol–water partition coefficient (Wildman–Crippen LogP) is 6.97. The van der Waals surface area contributed by atoms with Crippen molar-refractivity contribution >= 4 is 34.1 Å². The molecule has 0 fully saturated rings. The van der Waals surface area contributed by atoms with Crippen LogP contribution in [-0.4, -0.2) is 17.2 Å². The standard InChI is InChI=1S/C28H27ClO5/c1-4-5-20(21-9-11-22(29)12-10-21)8-6-18(2)7-15-25(28(31)32)33-23-13-14-24-19(3)16-27(30)34-26(24)17-23/h5-6,8-14,16-17,25H,2,4,7,15H2,1,3H3,(H,31,32)/b8-6-,20-5+. The van der Waals surface area contributed by atoms with Crippen LogP contribution in [0.15, 0.2) is 88.1 Å². The van der Waals surface area contributed by atoms with E-state index in [1.54, 1.807) is 18.2 Å². The van der Waals surface area contributed by atoms with Crippen molar-refractivity contribution in [3.63, 3.8) is 0 Å². The average Bonchev–Trinajstić information content (AvgIpc) is 2.79. The number of aliphatic carboxylic acids is 1. The Morgan fingerprint density at radius 1 is 1.18 bits per heavy atom. The van der Waals surface area contributed by atoms with Crippen LogP contribution in [0.2, 0.25) is 5.02 Å². The Kier molecular flexibility index (Phi) is 8.50. The minimum atomic E-state index is -1.07. The normalized spacial score (nSPS) is 12.7. The number of benzene rings is 2. The molecule has 2 aromatic carbocycles. The summed E-state index contributed by atoms with van der Waals surface area (Å²) in [4.78, 5) is 23.4. The smallest absolute Gasteiger partial charge is 0.344 e. The third kappa shape index (κ3) is 6.72. The summed E-state index contributed by atoms with van der Waals surface area (Å²) >= 11 is 5.99. The summed E-state index contributed by atoms with van der Waals surface area (Å²) in [5, 5.41) is 11.1. The summed E-state index contributed by atoms with van der Waals surface area (Å²) in [5.74, 6) is -0.749. The van der Waals surface area contributed by atoms with Crippen LogP contribution < -0.4 is 10.4 Å². The van der Waals surface area contributed by atoms with E-state index in [2.05, 4.69) is 19.6 Å². The maximum Gasteiger partial charge on any atom is 0.344 e. The van der Waals surface area contributed by atoms with Gasteiger partial charge in [-0.2, -0.15) is 0 Å². The Labute approximate surface area is 203 Å². The molecule has 0 spiro atoms. The second kappa shape index (κ2) is 11.5. The molecule has 34 heavy (non-hydrogen) atoms. The van der Waals surface area contributed by atoms with Crippen molar-refractivity contribution in [3.8, 4) is 5.75 Å². The first-order valence-corrected chi connectivity index (χ1v) is 11.4. The number of carboxylic acid groups (broad SMARTS) is 1. The molecule has 1 N–H and O–H groups in total. The van der Waals surface area contributed by atoms with Crippen molar-refractivity contribution in [1.29, 1.82) is 0 Å². The number of carbonyl (C=O) groups is 1. The van der Waals surface area contributed by atoms with Gasteiger partial charge in [0.1, 0.15) is 11.3 Å². The molecule has 0 aliphatic heterocycles. The van der Waals surface area contributed by atoms with Gasteiger partial charge in [0.2, 0.25) is 0 Å². The fourth-order valence-corrected chi connectivity index (χ4v) is 3.65. The molecule has 0 amide bonds. The Morgan fingerprint density at radius 3 is 2.59 bits per heavy atom. The van der Waals surface area contributed by atoms with E-state index in [1.807, 2.05) is 43.3 Å². The van der Waals surface area contributed by atoms with Gasteiger partial charge in [-0.25, -0.2) is 9.59 Å². The number of carboxylic acids is 1. The number of halogens is 1. The van der Waals surface area contributed by atoms with Crippen LogP contribution in [0.1, 0.15) is 37.3 Å². The van der Waals surface area contributed by atoms with Crippen molar-refractivity contribution in [2.75, 3.05) is 0 Å². The lowest BCUT2D eigenvalue weighted by molar-refractivity contribution is -0.145. The molecular formula is C28H27ClO5. The zero-order valence-electron chi connectivity index (χ0n) is 19.2. The highest BCUT2D eigenvalue weighted by atomic mass is 35.5. The van der Waals surface area contributed by atoms with Crippen molar-refractivity contribution in [1.82, 2.24) is 0 Å². The van der Waals surface area contributed by atoms with Crippen LogP contribution in [0.25, 0.3) is 16.5 Å². The first kappa shape index (κ1) is 25.1. The largest absolute Gasteiger partial charge is 0.479 e. The molecule has 0 saturated carbocycles. The fourth-order valence-electron chi connectivity index (χ4n) is 3.53. The molecule has 5 nitrogen and oxygen atoms in total. The molecule has 3 rings (SSSR count). The summed E-state index contributed by atoms with van der Waals surface area (Å²) in [5.41, 5.74) is 3.54. The van der Waals surface area contributed by atoms with Gasteiger partial charge in [-0.3, -0.25) is 0 Å². The monoisotopic (exact) mass is 478 g/mol. The van der Waals surface area contributed by atoms with Crippen molar-refractivity contribution in [2.24, 2.45) is 0 Å². The molecule has 176 valence electrons.